The number of pyridine rings is 1. The van der Waals surface area contributed by atoms with Gasteiger partial charge in [-0.05, 0) is 50.2 Å². The highest BCUT2D eigenvalue weighted by Gasteiger charge is 1.98. The van der Waals surface area contributed by atoms with Gasteiger partial charge in [-0.1, -0.05) is 15.9 Å². The highest BCUT2D eigenvalue weighted by molar-refractivity contribution is 14.1. The zero-order chi connectivity index (χ0) is 7.56. The quantitative estimate of drug-likeness (QED) is 0.416. The van der Waals surface area contributed by atoms with Gasteiger partial charge in [0.05, 0.1) is 0 Å². The van der Waals surface area contributed by atoms with Crippen LogP contribution in [0.3, 0.4) is 0 Å². The van der Waals surface area contributed by atoms with E-state index in [0.717, 1.165) is 13.5 Å². The Morgan fingerprint density at radius 3 is 2.80 bits per heavy atom. The van der Waals surface area contributed by atoms with E-state index in [0.29, 0.717) is 0 Å². The molecular weight excluding hydrogens is 373 g/mol. The standard InChI is InChI=1S/C6H4Br2IN/c7-2-4-1-5(9)3-10-6(4)8/h1,3H,2H2. The van der Waals surface area contributed by atoms with E-state index in [1.54, 1.807) is 0 Å². The third-order valence-corrected chi connectivity index (χ3v) is 2.93. The van der Waals surface area contributed by atoms with Gasteiger partial charge in [0, 0.05) is 15.1 Å². The van der Waals surface area contributed by atoms with Crippen molar-refractivity contribution >= 4 is 54.5 Å². The van der Waals surface area contributed by atoms with Crippen LogP contribution >= 0.6 is 54.5 Å². The van der Waals surface area contributed by atoms with Crippen molar-refractivity contribution in [3.05, 3.63) is 26.0 Å². The van der Waals surface area contributed by atoms with Gasteiger partial charge in [-0.25, -0.2) is 4.98 Å². The lowest BCUT2D eigenvalue weighted by Gasteiger charge is -1.97. The minimum Gasteiger partial charge on any atom is -0.248 e. The molecule has 1 heterocycles. The first-order chi connectivity index (χ1) is 4.74. The maximum absolute atomic E-state index is 4.13. The maximum atomic E-state index is 4.13. The predicted molar refractivity (Wildman–Crippen MR) is 57.3 cm³/mol. The van der Waals surface area contributed by atoms with Gasteiger partial charge in [-0.15, -0.1) is 0 Å². The molecule has 1 nitrogen and oxygen atoms in total. The topological polar surface area (TPSA) is 12.9 Å². The molecule has 4 heteroatoms. The molecule has 1 aromatic heterocycles. The average molecular weight is 377 g/mol. The summed E-state index contributed by atoms with van der Waals surface area (Å²) in [6.45, 7) is 0. The molecule has 0 bridgehead atoms. The summed E-state index contributed by atoms with van der Waals surface area (Å²) in [5, 5.41) is 0.845. The minimum absolute atomic E-state index is 0.845. The van der Waals surface area contributed by atoms with Crippen LogP contribution in [0, 0.1) is 3.57 Å². The Labute approximate surface area is 90.0 Å². The molecule has 1 aromatic rings. The molecule has 10 heavy (non-hydrogen) atoms. The van der Waals surface area contributed by atoms with Crippen LogP contribution in [0.25, 0.3) is 0 Å². The van der Waals surface area contributed by atoms with Gasteiger partial charge in [0.25, 0.3) is 0 Å². The van der Waals surface area contributed by atoms with Crippen molar-refractivity contribution in [2.24, 2.45) is 0 Å². The second-order valence-electron chi connectivity index (χ2n) is 1.74. The van der Waals surface area contributed by atoms with Crippen molar-refractivity contribution in [3.8, 4) is 0 Å². The lowest BCUT2D eigenvalue weighted by Crippen LogP contribution is -1.85. The van der Waals surface area contributed by atoms with Crippen LogP contribution in [0.2, 0.25) is 0 Å². The molecule has 1 rings (SSSR count). The van der Waals surface area contributed by atoms with Crippen LogP contribution in [0.1, 0.15) is 5.56 Å². The number of alkyl halides is 1. The number of hydrogen-bond acceptors (Lipinski definition) is 1. The summed E-state index contributed by atoms with van der Waals surface area (Å²) >= 11 is 8.96. The monoisotopic (exact) mass is 375 g/mol. The van der Waals surface area contributed by atoms with Gasteiger partial charge in [-0.2, -0.15) is 0 Å². The second kappa shape index (κ2) is 4.01. The van der Waals surface area contributed by atoms with Gasteiger partial charge in [-0.3, -0.25) is 0 Å². The first kappa shape index (κ1) is 8.93. The van der Waals surface area contributed by atoms with Gasteiger partial charge < -0.3 is 0 Å². The highest BCUT2D eigenvalue weighted by atomic mass is 127. The summed E-state index contributed by atoms with van der Waals surface area (Å²) in [5.41, 5.74) is 1.19. The summed E-state index contributed by atoms with van der Waals surface area (Å²) in [6, 6.07) is 2.09. The largest absolute Gasteiger partial charge is 0.248 e. The lowest BCUT2D eigenvalue weighted by atomic mass is 10.3. The van der Waals surface area contributed by atoms with Crippen molar-refractivity contribution in [2.75, 3.05) is 0 Å². The van der Waals surface area contributed by atoms with Crippen molar-refractivity contribution in [1.82, 2.24) is 4.98 Å². The SMILES string of the molecule is BrCc1cc(I)cnc1Br. The number of hydrogen-bond donors (Lipinski definition) is 0. The number of halogens is 3. The van der Waals surface area contributed by atoms with E-state index in [2.05, 4.69) is 65.5 Å². The predicted octanol–water partition coefficient (Wildman–Crippen LogP) is 3.34. The summed E-state index contributed by atoms with van der Waals surface area (Å²) in [7, 11) is 0. The highest BCUT2D eigenvalue weighted by Crippen LogP contribution is 2.18. The summed E-state index contributed by atoms with van der Waals surface area (Å²) < 4.78 is 2.08. The molecular formula is C6H4Br2IN. The molecule has 0 saturated carbocycles. The molecule has 0 aliphatic carbocycles. The van der Waals surface area contributed by atoms with E-state index in [1.807, 2.05) is 6.20 Å². The molecule has 0 aliphatic rings. The van der Waals surface area contributed by atoms with Crippen LogP contribution in [0.5, 0.6) is 0 Å². The molecule has 0 aromatic carbocycles. The van der Waals surface area contributed by atoms with Crippen LogP contribution in [0.4, 0.5) is 0 Å². The van der Waals surface area contributed by atoms with Crippen molar-refractivity contribution in [1.29, 1.82) is 0 Å². The second-order valence-corrected chi connectivity index (χ2v) is 4.29. The van der Waals surface area contributed by atoms with Crippen LogP contribution in [-0.2, 0) is 5.33 Å². The fourth-order valence-corrected chi connectivity index (χ4v) is 2.23. The first-order valence-corrected chi connectivity index (χ1v) is 5.59. The lowest BCUT2D eigenvalue weighted by molar-refractivity contribution is 1.19. The normalized spacial score (nSPS) is 9.90. The zero-order valence-electron chi connectivity index (χ0n) is 4.94. The number of nitrogens with zero attached hydrogens (tertiary/aromatic N) is 1. The Morgan fingerprint density at radius 1 is 1.60 bits per heavy atom. The van der Waals surface area contributed by atoms with Crippen LogP contribution < -0.4 is 0 Å². The van der Waals surface area contributed by atoms with Crippen molar-refractivity contribution < 1.29 is 0 Å². The molecule has 0 aliphatic heterocycles. The van der Waals surface area contributed by atoms with E-state index >= 15 is 0 Å². The Kier molecular flexibility index (Phi) is 3.59. The van der Waals surface area contributed by atoms with Gasteiger partial charge in [0.1, 0.15) is 4.60 Å². The fourth-order valence-electron chi connectivity index (χ4n) is 0.558. The first-order valence-electron chi connectivity index (χ1n) is 2.60. The van der Waals surface area contributed by atoms with E-state index in [9.17, 15) is 0 Å². The summed E-state index contributed by atoms with van der Waals surface area (Å²) in [6.07, 6.45) is 1.83. The molecule has 54 valence electrons. The van der Waals surface area contributed by atoms with E-state index in [-0.39, 0.29) is 0 Å². The summed E-state index contributed by atoms with van der Waals surface area (Å²) in [5.74, 6) is 0. The molecule has 0 amide bonds. The molecule has 0 atom stereocenters. The van der Waals surface area contributed by atoms with Crippen LogP contribution in [-0.4, -0.2) is 4.98 Å². The third-order valence-electron chi connectivity index (χ3n) is 1.02. The average Bonchev–Trinajstić information content (AvgIpc) is 1.94. The smallest absolute Gasteiger partial charge is 0.110 e. The van der Waals surface area contributed by atoms with Gasteiger partial charge in [0.15, 0.2) is 0 Å². The maximum Gasteiger partial charge on any atom is 0.110 e. The Hall–Kier alpha value is 0.840. The number of rotatable bonds is 1. The number of aromatic nitrogens is 1. The molecule has 0 N–H and O–H groups in total. The molecule has 0 fully saturated rings. The van der Waals surface area contributed by atoms with Crippen molar-refractivity contribution in [3.63, 3.8) is 0 Å². The van der Waals surface area contributed by atoms with E-state index < -0.39 is 0 Å². The Balaban J connectivity index is 3.09. The van der Waals surface area contributed by atoms with E-state index in [1.165, 1.54) is 5.56 Å². The Morgan fingerprint density at radius 2 is 2.30 bits per heavy atom. The molecule has 0 unspecified atom stereocenters. The van der Waals surface area contributed by atoms with E-state index in [4.69, 9.17) is 0 Å². The summed E-state index contributed by atoms with van der Waals surface area (Å²) in [4.78, 5) is 4.13. The fraction of sp³-hybridized carbons (Fsp3) is 0.167. The third kappa shape index (κ3) is 2.17. The molecule has 0 saturated heterocycles. The zero-order valence-corrected chi connectivity index (χ0v) is 10.3. The van der Waals surface area contributed by atoms with Gasteiger partial charge >= 0.3 is 0 Å². The minimum atomic E-state index is 0.845. The Bertz CT molecular complexity index is 239. The van der Waals surface area contributed by atoms with Crippen molar-refractivity contribution in [2.45, 2.75) is 5.33 Å². The van der Waals surface area contributed by atoms with Crippen LogP contribution in [0.15, 0.2) is 16.9 Å². The molecule has 0 radical (unpaired) electrons. The van der Waals surface area contributed by atoms with Gasteiger partial charge in [0.2, 0.25) is 0 Å². The molecule has 0 spiro atoms.